The average Bonchev–Trinajstić information content (AvgIpc) is 2.72. The lowest BCUT2D eigenvalue weighted by Gasteiger charge is -2.37. The van der Waals surface area contributed by atoms with E-state index in [0.29, 0.717) is 19.7 Å². The van der Waals surface area contributed by atoms with Gasteiger partial charge in [0.1, 0.15) is 11.9 Å². The summed E-state index contributed by atoms with van der Waals surface area (Å²) < 4.78 is 10.3. The lowest BCUT2D eigenvalue weighted by atomic mass is 9.82. The van der Waals surface area contributed by atoms with Gasteiger partial charge in [0.2, 0.25) is 0 Å². The van der Waals surface area contributed by atoms with Gasteiger partial charge in [-0.3, -0.25) is 4.90 Å². The predicted molar refractivity (Wildman–Crippen MR) is 124 cm³/mol. The number of nitrogens with zero attached hydrogens (tertiary/aromatic N) is 2. The Kier molecular flexibility index (Phi) is 11.2. The predicted octanol–water partition coefficient (Wildman–Crippen LogP) is 3.31. The minimum absolute atomic E-state index is 0.204. The molecular formula is C24H41N3O4. The van der Waals surface area contributed by atoms with Crippen molar-refractivity contribution < 1.29 is 19.1 Å². The zero-order valence-electron chi connectivity index (χ0n) is 20.1. The van der Waals surface area contributed by atoms with Crippen LogP contribution >= 0.6 is 0 Å². The summed E-state index contributed by atoms with van der Waals surface area (Å²) in [6, 6.07) is 9.67. The minimum atomic E-state index is -0.455. The zero-order valence-corrected chi connectivity index (χ0v) is 20.1. The molecule has 0 aliphatic carbocycles. The first-order chi connectivity index (χ1) is 14.5. The summed E-state index contributed by atoms with van der Waals surface area (Å²) in [5, 5.41) is 0. The van der Waals surface area contributed by atoms with Crippen LogP contribution in [0.5, 0.6) is 0 Å². The van der Waals surface area contributed by atoms with Gasteiger partial charge in [0.15, 0.2) is 0 Å². The summed E-state index contributed by atoms with van der Waals surface area (Å²) in [7, 11) is 1.70. The quantitative estimate of drug-likeness (QED) is 0.662. The molecular weight excluding hydrogens is 394 g/mol. The van der Waals surface area contributed by atoms with Crippen LogP contribution in [0.4, 0.5) is 4.79 Å². The molecule has 7 heteroatoms. The summed E-state index contributed by atoms with van der Waals surface area (Å²) in [6.45, 7) is 14.3. The molecule has 1 atom stereocenters. The van der Waals surface area contributed by atoms with E-state index in [2.05, 4.69) is 4.90 Å². The smallest absolute Gasteiger partial charge is 0.410 e. The molecule has 1 saturated heterocycles. The number of amides is 1. The molecule has 1 aromatic carbocycles. The highest BCUT2D eigenvalue weighted by atomic mass is 16.6. The van der Waals surface area contributed by atoms with Crippen molar-refractivity contribution in [1.82, 2.24) is 9.80 Å². The Balaban J connectivity index is 0.000000442. The van der Waals surface area contributed by atoms with Crippen LogP contribution in [0.2, 0.25) is 0 Å². The number of piperazine rings is 1. The molecule has 0 bridgehead atoms. The van der Waals surface area contributed by atoms with Crippen molar-refractivity contribution in [2.45, 2.75) is 59.3 Å². The Morgan fingerprint density at radius 3 is 2.16 bits per heavy atom. The number of hydrogen-bond acceptors (Lipinski definition) is 6. The summed E-state index contributed by atoms with van der Waals surface area (Å²) in [5.41, 5.74) is 6.39. The van der Waals surface area contributed by atoms with Gasteiger partial charge in [0.25, 0.3) is 0 Å². The SMILES string of the molecule is CC(C)(C)OC(=O)N1CCN(CCC(C)(C)C(N)C=O)CC1.COCc1ccccc1. The maximum Gasteiger partial charge on any atom is 0.410 e. The number of benzene rings is 1. The molecule has 0 saturated carbocycles. The Morgan fingerprint density at radius 1 is 1.10 bits per heavy atom. The van der Waals surface area contributed by atoms with E-state index >= 15 is 0 Å². The van der Waals surface area contributed by atoms with E-state index in [1.54, 1.807) is 12.0 Å². The van der Waals surface area contributed by atoms with Crippen molar-refractivity contribution >= 4 is 12.4 Å². The number of aldehydes is 1. The molecule has 7 nitrogen and oxygen atoms in total. The molecule has 1 amide bonds. The summed E-state index contributed by atoms with van der Waals surface area (Å²) in [4.78, 5) is 26.9. The van der Waals surface area contributed by atoms with E-state index in [9.17, 15) is 9.59 Å². The molecule has 176 valence electrons. The van der Waals surface area contributed by atoms with Crippen molar-refractivity contribution in [3.63, 3.8) is 0 Å². The zero-order chi connectivity index (χ0) is 23.5. The number of nitrogens with two attached hydrogens (primary N) is 1. The van der Waals surface area contributed by atoms with Crippen molar-refractivity contribution in [3.8, 4) is 0 Å². The van der Waals surface area contributed by atoms with Gasteiger partial charge in [0, 0.05) is 33.3 Å². The van der Waals surface area contributed by atoms with Crippen molar-refractivity contribution in [3.05, 3.63) is 35.9 Å². The van der Waals surface area contributed by atoms with Crippen LogP contribution in [0.25, 0.3) is 0 Å². The highest BCUT2D eigenvalue weighted by Crippen LogP contribution is 2.23. The Morgan fingerprint density at radius 2 is 1.68 bits per heavy atom. The fourth-order valence-corrected chi connectivity index (χ4v) is 3.02. The number of carbonyl (C=O) groups is 2. The molecule has 1 unspecified atom stereocenters. The molecule has 1 heterocycles. The maximum absolute atomic E-state index is 12.0. The third-order valence-electron chi connectivity index (χ3n) is 5.30. The second-order valence-corrected chi connectivity index (χ2v) is 9.63. The minimum Gasteiger partial charge on any atom is -0.444 e. The Hall–Kier alpha value is -1.96. The van der Waals surface area contributed by atoms with Crippen LogP contribution in [-0.2, 0) is 20.9 Å². The first kappa shape index (κ1) is 27.1. The largest absolute Gasteiger partial charge is 0.444 e. The van der Waals surface area contributed by atoms with Crippen LogP contribution in [0, 0.1) is 5.41 Å². The molecule has 2 N–H and O–H groups in total. The van der Waals surface area contributed by atoms with Crippen molar-refractivity contribution in [1.29, 1.82) is 0 Å². The first-order valence-corrected chi connectivity index (χ1v) is 10.9. The van der Waals surface area contributed by atoms with Crippen molar-refractivity contribution in [2.24, 2.45) is 11.1 Å². The standard InChI is InChI=1S/C16H31N3O3.C8H10O/c1-15(2,3)22-14(21)19-10-8-18(9-11-19)7-6-16(4,5)13(17)12-20;1-9-7-8-5-3-2-4-6-8/h12-13H,6-11,17H2,1-5H3;2-6H,7H2,1H3. The summed E-state index contributed by atoms with van der Waals surface area (Å²) in [6.07, 6.45) is 1.44. The fraction of sp³-hybridized carbons (Fsp3) is 0.667. The van der Waals surface area contributed by atoms with Gasteiger partial charge in [0.05, 0.1) is 12.6 Å². The number of hydrogen-bond donors (Lipinski definition) is 1. The summed E-state index contributed by atoms with van der Waals surface area (Å²) in [5.74, 6) is 0. The molecule has 31 heavy (non-hydrogen) atoms. The van der Waals surface area contributed by atoms with Gasteiger partial charge in [-0.1, -0.05) is 44.2 Å². The van der Waals surface area contributed by atoms with Gasteiger partial charge < -0.3 is 24.9 Å². The van der Waals surface area contributed by atoms with Gasteiger partial charge >= 0.3 is 6.09 Å². The normalized spacial score (nSPS) is 16.2. The van der Waals surface area contributed by atoms with Gasteiger partial charge in [-0.25, -0.2) is 4.79 Å². The highest BCUT2D eigenvalue weighted by Gasteiger charge is 2.29. The van der Waals surface area contributed by atoms with Gasteiger partial charge in [-0.05, 0) is 44.7 Å². The van der Waals surface area contributed by atoms with Crippen molar-refractivity contribution in [2.75, 3.05) is 39.8 Å². The van der Waals surface area contributed by atoms with E-state index in [1.807, 2.05) is 65.0 Å². The van der Waals surface area contributed by atoms with Crippen LogP contribution in [-0.4, -0.2) is 73.7 Å². The van der Waals surface area contributed by atoms with E-state index in [-0.39, 0.29) is 11.5 Å². The van der Waals surface area contributed by atoms with E-state index in [4.69, 9.17) is 15.2 Å². The van der Waals surface area contributed by atoms with E-state index < -0.39 is 11.6 Å². The Bertz CT molecular complexity index is 651. The molecule has 2 rings (SSSR count). The highest BCUT2D eigenvalue weighted by molar-refractivity contribution is 5.68. The lowest BCUT2D eigenvalue weighted by molar-refractivity contribution is -0.111. The molecule has 1 aliphatic rings. The fourth-order valence-electron chi connectivity index (χ4n) is 3.02. The number of methoxy groups -OCH3 is 1. The molecule has 1 aromatic rings. The van der Waals surface area contributed by atoms with Gasteiger partial charge in [-0.2, -0.15) is 0 Å². The van der Waals surface area contributed by atoms with Crippen LogP contribution in [0.3, 0.4) is 0 Å². The lowest BCUT2D eigenvalue weighted by Crippen LogP contribution is -2.51. The first-order valence-electron chi connectivity index (χ1n) is 10.9. The topological polar surface area (TPSA) is 85.1 Å². The molecule has 0 spiro atoms. The average molecular weight is 436 g/mol. The monoisotopic (exact) mass is 435 g/mol. The summed E-state index contributed by atoms with van der Waals surface area (Å²) >= 11 is 0. The van der Waals surface area contributed by atoms with Crippen LogP contribution in [0.1, 0.15) is 46.6 Å². The van der Waals surface area contributed by atoms with E-state index in [1.165, 1.54) is 5.56 Å². The molecule has 1 aliphatic heterocycles. The van der Waals surface area contributed by atoms with Crippen LogP contribution < -0.4 is 5.73 Å². The number of rotatable bonds is 7. The van der Waals surface area contributed by atoms with E-state index in [0.717, 1.165) is 32.3 Å². The molecule has 0 radical (unpaired) electrons. The maximum atomic E-state index is 12.0. The number of carbonyl (C=O) groups excluding carboxylic acids is 2. The third-order valence-corrected chi connectivity index (χ3v) is 5.30. The number of ether oxygens (including phenoxy) is 2. The molecule has 1 fully saturated rings. The second-order valence-electron chi connectivity index (χ2n) is 9.63. The third kappa shape index (κ3) is 10.8. The molecule has 0 aromatic heterocycles. The second kappa shape index (κ2) is 12.8. The van der Waals surface area contributed by atoms with Crippen LogP contribution in [0.15, 0.2) is 30.3 Å². The van der Waals surface area contributed by atoms with Gasteiger partial charge in [-0.15, -0.1) is 0 Å². The Labute approximate surface area is 187 Å².